The van der Waals surface area contributed by atoms with Crippen molar-refractivity contribution in [2.24, 2.45) is 0 Å². The van der Waals surface area contributed by atoms with Gasteiger partial charge < -0.3 is 9.74 Å². The molecule has 1 saturated heterocycles. The van der Waals surface area contributed by atoms with E-state index in [1.54, 1.807) is 30.3 Å². The van der Waals surface area contributed by atoms with E-state index in [-0.39, 0.29) is 11.1 Å². The lowest BCUT2D eigenvalue weighted by atomic mass is 10.1. The topological polar surface area (TPSA) is 66.9 Å². The molecule has 0 radical (unpaired) electrons. The largest absolute Gasteiger partial charge is 0.371 e. The quantitative estimate of drug-likeness (QED) is 0.796. The molecular formula is C20H18N2O4. The van der Waals surface area contributed by atoms with Gasteiger partial charge in [-0.2, -0.15) is 0 Å². The van der Waals surface area contributed by atoms with E-state index in [1.165, 1.54) is 0 Å². The monoisotopic (exact) mass is 350 g/mol. The molecule has 0 atom stereocenters. The van der Waals surface area contributed by atoms with Crippen LogP contribution in [0.15, 0.2) is 42.5 Å². The second-order valence-corrected chi connectivity index (χ2v) is 6.54. The third-order valence-electron chi connectivity index (χ3n) is 4.75. The van der Waals surface area contributed by atoms with Crippen molar-refractivity contribution in [2.75, 3.05) is 18.0 Å². The predicted octanol–water partition coefficient (Wildman–Crippen LogP) is 2.96. The van der Waals surface area contributed by atoms with E-state index in [2.05, 4.69) is 4.90 Å². The van der Waals surface area contributed by atoms with Gasteiger partial charge in [-0.1, -0.05) is 28.8 Å². The fraction of sp³-hybridized carbons (Fsp3) is 0.250. The van der Waals surface area contributed by atoms with Crippen LogP contribution in [0.3, 0.4) is 0 Å². The Morgan fingerprint density at radius 2 is 1.58 bits per heavy atom. The average Bonchev–Trinajstić information content (AvgIpc) is 3.26. The fourth-order valence-electron chi connectivity index (χ4n) is 3.43. The highest BCUT2D eigenvalue weighted by Gasteiger charge is 2.39. The Balaban J connectivity index is 1.63. The van der Waals surface area contributed by atoms with E-state index in [0.717, 1.165) is 37.2 Å². The van der Waals surface area contributed by atoms with Gasteiger partial charge in [0.2, 0.25) is 0 Å². The number of benzene rings is 2. The molecule has 0 N–H and O–H groups in total. The third-order valence-corrected chi connectivity index (χ3v) is 4.75. The van der Waals surface area contributed by atoms with Gasteiger partial charge in [0, 0.05) is 13.1 Å². The average molecular weight is 350 g/mol. The number of carbonyl (C=O) groups excluding carboxylic acids is 3. The third kappa shape index (κ3) is 2.63. The molecule has 0 unspecified atom stereocenters. The molecule has 6 heteroatoms. The van der Waals surface area contributed by atoms with Crippen molar-refractivity contribution in [3.8, 4) is 0 Å². The Hall–Kier alpha value is -3.15. The van der Waals surface area contributed by atoms with Gasteiger partial charge in [-0.15, -0.1) is 0 Å². The van der Waals surface area contributed by atoms with E-state index in [0.29, 0.717) is 10.6 Å². The number of amides is 2. The van der Waals surface area contributed by atoms with Gasteiger partial charge in [0.1, 0.15) is 0 Å². The highest BCUT2D eigenvalue weighted by atomic mass is 16.7. The van der Waals surface area contributed by atoms with Crippen molar-refractivity contribution in [3.05, 3.63) is 64.7 Å². The number of hydrogen-bond donors (Lipinski definition) is 0. The second kappa shape index (κ2) is 6.29. The first-order valence-electron chi connectivity index (χ1n) is 8.62. The lowest BCUT2D eigenvalue weighted by molar-refractivity contribution is -0.0584. The summed E-state index contributed by atoms with van der Waals surface area (Å²) in [5.41, 5.74) is 2.53. The van der Waals surface area contributed by atoms with Crippen LogP contribution in [0.1, 0.15) is 49.5 Å². The summed E-state index contributed by atoms with van der Waals surface area (Å²) >= 11 is 0. The number of fused-ring (bicyclic) bond motifs is 1. The zero-order valence-electron chi connectivity index (χ0n) is 14.4. The maximum atomic E-state index is 12.8. The summed E-state index contributed by atoms with van der Waals surface area (Å²) < 4.78 is 0. The van der Waals surface area contributed by atoms with Crippen LogP contribution in [0.5, 0.6) is 0 Å². The summed E-state index contributed by atoms with van der Waals surface area (Å²) in [4.78, 5) is 44.9. The van der Waals surface area contributed by atoms with Crippen LogP contribution < -0.4 is 4.90 Å². The number of imide groups is 1. The molecule has 0 bridgehead atoms. The second-order valence-electron chi connectivity index (χ2n) is 6.54. The minimum Gasteiger partial charge on any atom is -0.371 e. The van der Waals surface area contributed by atoms with Crippen LogP contribution in [0.2, 0.25) is 0 Å². The highest BCUT2D eigenvalue weighted by molar-refractivity contribution is 6.21. The van der Waals surface area contributed by atoms with Crippen molar-refractivity contribution in [1.82, 2.24) is 5.06 Å². The molecule has 0 aliphatic carbocycles. The zero-order chi connectivity index (χ0) is 18.3. The number of carbonyl (C=O) groups is 3. The number of hydrogen-bond acceptors (Lipinski definition) is 5. The molecule has 132 valence electrons. The molecule has 0 spiro atoms. The molecule has 2 amide bonds. The van der Waals surface area contributed by atoms with Crippen molar-refractivity contribution in [3.63, 3.8) is 0 Å². The molecule has 6 nitrogen and oxygen atoms in total. The number of hydroxylamine groups is 2. The first-order chi connectivity index (χ1) is 12.6. The molecule has 0 aromatic heterocycles. The Kier molecular flexibility index (Phi) is 3.95. The van der Waals surface area contributed by atoms with E-state index >= 15 is 0 Å². The summed E-state index contributed by atoms with van der Waals surface area (Å²) in [6.45, 7) is 3.62. The summed E-state index contributed by atoms with van der Waals surface area (Å²) in [5, 5.41) is 0.559. The van der Waals surface area contributed by atoms with Gasteiger partial charge in [-0.3, -0.25) is 9.59 Å². The number of nitrogens with zero attached hydrogens (tertiary/aromatic N) is 2. The fourth-order valence-corrected chi connectivity index (χ4v) is 3.43. The highest BCUT2D eigenvalue weighted by Crippen LogP contribution is 2.28. The minimum atomic E-state index is -0.704. The Morgan fingerprint density at radius 3 is 2.19 bits per heavy atom. The van der Waals surface area contributed by atoms with Crippen LogP contribution in [0.4, 0.5) is 5.69 Å². The van der Waals surface area contributed by atoms with Crippen molar-refractivity contribution in [1.29, 1.82) is 0 Å². The number of rotatable bonds is 3. The first kappa shape index (κ1) is 16.3. The van der Waals surface area contributed by atoms with Gasteiger partial charge in [-0.05, 0) is 44.0 Å². The van der Waals surface area contributed by atoms with Crippen molar-refractivity contribution < 1.29 is 19.2 Å². The molecular weight excluding hydrogens is 332 g/mol. The van der Waals surface area contributed by atoms with Crippen LogP contribution >= 0.6 is 0 Å². The van der Waals surface area contributed by atoms with E-state index < -0.39 is 17.8 Å². The summed E-state index contributed by atoms with van der Waals surface area (Å²) in [5.74, 6) is -1.94. The van der Waals surface area contributed by atoms with Crippen molar-refractivity contribution >= 4 is 23.5 Å². The molecule has 2 heterocycles. The zero-order valence-corrected chi connectivity index (χ0v) is 14.4. The summed E-state index contributed by atoms with van der Waals surface area (Å²) in [6, 6.07) is 12.0. The van der Waals surface area contributed by atoms with E-state index in [4.69, 9.17) is 4.84 Å². The van der Waals surface area contributed by atoms with Crippen LogP contribution in [0, 0.1) is 6.92 Å². The molecule has 1 fully saturated rings. The molecule has 2 aliphatic heterocycles. The summed E-state index contributed by atoms with van der Waals surface area (Å²) in [7, 11) is 0. The molecule has 2 aromatic carbocycles. The van der Waals surface area contributed by atoms with Crippen LogP contribution in [-0.2, 0) is 4.84 Å². The Bertz CT molecular complexity index is 881. The molecule has 2 aromatic rings. The van der Waals surface area contributed by atoms with Crippen LogP contribution in [-0.4, -0.2) is 35.9 Å². The van der Waals surface area contributed by atoms with Crippen LogP contribution in [0.25, 0.3) is 0 Å². The van der Waals surface area contributed by atoms with Gasteiger partial charge in [-0.25, -0.2) is 4.79 Å². The molecule has 26 heavy (non-hydrogen) atoms. The lowest BCUT2D eigenvalue weighted by Gasteiger charge is -2.22. The Morgan fingerprint density at radius 1 is 0.962 bits per heavy atom. The number of anilines is 1. The minimum absolute atomic E-state index is 0.245. The van der Waals surface area contributed by atoms with Gasteiger partial charge in [0.05, 0.1) is 22.4 Å². The summed E-state index contributed by atoms with van der Waals surface area (Å²) in [6.07, 6.45) is 2.14. The lowest BCUT2D eigenvalue weighted by Crippen LogP contribution is -2.33. The molecule has 2 aliphatic rings. The SMILES string of the molecule is Cc1ccc(N2CCCC2)c(C(=O)ON2C(=O)c3ccccc3C2=O)c1. The van der Waals surface area contributed by atoms with Crippen molar-refractivity contribution in [2.45, 2.75) is 19.8 Å². The Labute approximate surface area is 150 Å². The van der Waals surface area contributed by atoms with Gasteiger partial charge in [0.25, 0.3) is 11.8 Å². The molecule has 0 saturated carbocycles. The maximum Gasteiger partial charge on any atom is 0.366 e. The molecule has 4 rings (SSSR count). The normalized spacial score (nSPS) is 16.2. The van der Waals surface area contributed by atoms with E-state index in [9.17, 15) is 14.4 Å². The first-order valence-corrected chi connectivity index (χ1v) is 8.62. The maximum absolute atomic E-state index is 12.8. The van der Waals surface area contributed by atoms with Gasteiger partial charge in [0.15, 0.2) is 0 Å². The smallest absolute Gasteiger partial charge is 0.366 e. The van der Waals surface area contributed by atoms with Gasteiger partial charge >= 0.3 is 5.97 Å². The standard InChI is InChI=1S/C20H18N2O4/c1-13-8-9-17(21-10-4-5-11-21)16(12-13)20(25)26-22-18(23)14-6-2-3-7-15(14)19(22)24/h2-3,6-9,12H,4-5,10-11H2,1H3. The van der Waals surface area contributed by atoms with E-state index in [1.807, 2.05) is 19.1 Å². The number of aryl methyl sites for hydroxylation is 1. The predicted molar refractivity (Wildman–Crippen MR) is 95.0 cm³/mol.